The van der Waals surface area contributed by atoms with Crippen LogP contribution in [0.4, 0.5) is 0 Å². The second-order valence-electron chi connectivity index (χ2n) is 6.01. The normalized spacial score (nSPS) is 26.4. The molecule has 0 amide bonds. The third-order valence-corrected chi connectivity index (χ3v) is 6.12. The van der Waals surface area contributed by atoms with Gasteiger partial charge in [0.1, 0.15) is 15.7 Å². The fraction of sp³-hybridized carbons (Fsp3) is 0.846. The summed E-state index contributed by atoms with van der Waals surface area (Å²) in [5.41, 5.74) is 0. The summed E-state index contributed by atoms with van der Waals surface area (Å²) in [5, 5.41) is 13.7. The Morgan fingerprint density at radius 3 is 2.65 bits per heavy atom. The molecule has 1 unspecified atom stereocenters. The van der Waals surface area contributed by atoms with E-state index >= 15 is 0 Å². The minimum Gasteiger partial charge on any atom is -0.396 e. The number of rotatable bonds is 3. The molecule has 0 aromatic carbocycles. The van der Waals surface area contributed by atoms with Gasteiger partial charge in [0.2, 0.25) is 0 Å². The van der Waals surface area contributed by atoms with E-state index in [0.717, 1.165) is 50.3 Å². The van der Waals surface area contributed by atoms with Gasteiger partial charge in [-0.3, -0.25) is 0 Å². The third-order valence-electron chi connectivity index (χ3n) is 4.40. The van der Waals surface area contributed by atoms with Gasteiger partial charge in [0, 0.05) is 31.9 Å². The molecule has 1 atom stereocenters. The highest BCUT2D eigenvalue weighted by atomic mass is 32.2. The summed E-state index contributed by atoms with van der Waals surface area (Å²) in [6.07, 6.45) is 4.07. The quantitative estimate of drug-likeness (QED) is 0.862. The van der Waals surface area contributed by atoms with Gasteiger partial charge in [-0.25, -0.2) is 18.1 Å². The van der Waals surface area contributed by atoms with E-state index in [1.54, 1.807) is 0 Å². The van der Waals surface area contributed by atoms with Gasteiger partial charge in [0.25, 0.3) is 0 Å². The number of aliphatic hydroxyl groups excluding tert-OH is 1. The maximum absolute atomic E-state index is 11.4. The standard InChI is InChI=1S/C13H21N3O3S/c17-9-11-1-2-13-14-12(15-16(13)8-11)7-10-3-5-20(18,19)6-4-10/h10-11,17H,1-9H2. The van der Waals surface area contributed by atoms with Crippen molar-refractivity contribution in [1.29, 1.82) is 0 Å². The van der Waals surface area contributed by atoms with Crippen LogP contribution in [-0.4, -0.2) is 46.4 Å². The molecule has 7 heteroatoms. The van der Waals surface area contributed by atoms with Gasteiger partial charge in [-0.1, -0.05) is 0 Å². The van der Waals surface area contributed by atoms with E-state index in [-0.39, 0.29) is 12.5 Å². The zero-order chi connectivity index (χ0) is 14.2. The molecule has 0 bridgehead atoms. The van der Waals surface area contributed by atoms with Crippen LogP contribution in [0.25, 0.3) is 0 Å². The first kappa shape index (κ1) is 14.0. The topological polar surface area (TPSA) is 85.1 Å². The molecule has 20 heavy (non-hydrogen) atoms. The van der Waals surface area contributed by atoms with Crippen molar-refractivity contribution in [3.05, 3.63) is 11.6 Å². The molecule has 0 spiro atoms. The minimum absolute atomic E-state index is 0.203. The third kappa shape index (κ3) is 3.03. The van der Waals surface area contributed by atoms with Gasteiger partial charge < -0.3 is 5.11 Å². The molecule has 1 N–H and O–H groups in total. The van der Waals surface area contributed by atoms with Gasteiger partial charge in [-0.2, -0.15) is 5.10 Å². The Balaban J connectivity index is 1.63. The van der Waals surface area contributed by atoms with Gasteiger partial charge in [-0.15, -0.1) is 0 Å². The molecule has 1 aromatic rings. The van der Waals surface area contributed by atoms with Crippen molar-refractivity contribution < 1.29 is 13.5 Å². The maximum Gasteiger partial charge on any atom is 0.151 e. The molecular weight excluding hydrogens is 278 g/mol. The molecular formula is C13H21N3O3S. The smallest absolute Gasteiger partial charge is 0.151 e. The summed E-state index contributed by atoms with van der Waals surface area (Å²) in [6.45, 7) is 0.951. The van der Waals surface area contributed by atoms with E-state index in [9.17, 15) is 13.5 Å². The molecule has 3 rings (SSSR count). The molecule has 2 aliphatic heterocycles. The van der Waals surface area contributed by atoms with Crippen LogP contribution in [0.5, 0.6) is 0 Å². The lowest BCUT2D eigenvalue weighted by Crippen LogP contribution is -2.25. The van der Waals surface area contributed by atoms with E-state index in [4.69, 9.17) is 0 Å². The summed E-state index contributed by atoms with van der Waals surface area (Å²) in [7, 11) is -2.79. The number of aromatic nitrogens is 3. The molecule has 1 saturated heterocycles. The Hall–Kier alpha value is -0.950. The van der Waals surface area contributed by atoms with Gasteiger partial charge in [0.15, 0.2) is 5.82 Å². The van der Waals surface area contributed by atoms with Crippen LogP contribution in [0.1, 0.15) is 30.9 Å². The zero-order valence-electron chi connectivity index (χ0n) is 11.5. The number of aliphatic hydroxyl groups is 1. The van der Waals surface area contributed by atoms with Crippen molar-refractivity contribution in [2.75, 3.05) is 18.1 Å². The Bertz CT molecular complexity index is 568. The average Bonchev–Trinajstić information content (AvgIpc) is 2.82. The van der Waals surface area contributed by atoms with Gasteiger partial charge >= 0.3 is 0 Å². The summed E-state index contributed by atoms with van der Waals surface area (Å²) in [6, 6.07) is 0. The monoisotopic (exact) mass is 299 g/mol. The van der Waals surface area contributed by atoms with Crippen LogP contribution in [-0.2, 0) is 29.2 Å². The molecule has 2 aliphatic rings. The number of aryl methyl sites for hydroxylation is 1. The van der Waals surface area contributed by atoms with Crippen molar-refractivity contribution in [3.8, 4) is 0 Å². The highest BCUT2D eigenvalue weighted by Gasteiger charge is 2.26. The summed E-state index contributed by atoms with van der Waals surface area (Å²) in [5.74, 6) is 3.12. The minimum atomic E-state index is -2.79. The first-order valence-corrected chi connectivity index (χ1v) is 9.12. The Morgan fingerprint density at radius 2 is 1.95 bits per heavy atom. The first-order chi connectivity index (χ1) is 9.55. The Labute approximate surface area is 119 Å². The van der Waals surface area contributed by atoms with E-state index in [0.29, 0.717) is 17.4 Å². The molecule has 112 valence electrons. The van der Waals surface area contributed by atoms with Crippen molar-refractivity contribution >= 4 is 9.84 Å². The number of nitrogens with zero attached hydrogens (tertiary/aromatic N) is 3. The second-order valence-corrected chi connectivity index (χ2v) is 8.32. The number of fused-ring (bicyclic) bond motifs is 1. The van der Waals surface area contributed by atoms with E-state index in [1.165, 1.54) is 0 Å². The number of hydrogen-bond acceptors (Lipinski definition) is 5. The van der Waals surface area contributed by atoms with Crippen molar-refractivity contribution in [1.82, 2.24) is 14.8 Å². The number of sulfone groups is 1. The lowest BCUT2D eigenvalue weighted by atomic mass is 9.99. The van der Waals surface area contributed by atoms with Crippen LogP contribution >= 0.6 is 0 Å². The molecule has 6 nitrogen and oxygen atoms in total. The van der Waals surface area contributed by atoms with Gasteiger partial charge in [0.05, 0.1) is 11.5 Å². The van der Waals surface area contributed by atoms with Gasteiger partial charge in [-0.05, 0) is 25.2 Å². The van der Waals surface area contributed by atoms with Crippen molar-refractivity contribution in [2.45, 2.75) is 38.6 Å². The van der Waals surface area contributed by atoms with Crippen LogP contribution < -0.4 is 0 Å². The fourth-order valence-corrected chi connectivity index (χ4v) is 4.65. The predicted octanol–water partition coefficient (Wildman–Crippen LogP) is 0.200. The molecule has 0 aliphatic carbocycles. The summed E-state index contributed by atoms with van der Waals surface area (Å²) < 4.78 is 24.8. The van der Waals surface area contributed by atoms with Crippen molar-refractivity contribution in [2.24, 2.45) is 11.8 Å². The summed E-state index contributed by atoms with van der Waals surface area (Å²) in [4.78, 5) is 4.57. The fourth-order valence-electron chi connectivity index (χ4n) is 3.06. The molecule has 1 aromatic heterocycles. The molecule has 0 radical (unpaired) electrons. The van der Waals surface area contributed by atoms with E-state index in [1.807, 2.05) is 4.68 Å². The highest BCUT2D eigenvalue weighted by Crippen LogP contribution is 2.23. The van der Waals surface area contributed by atoms with Crippen LogP contribution in [0.3, 0.4) is 0 Å². The first-order valence-electron chi connectivity index (χ1n) is 7.29. The SMILES string of the molecule is O=S1(=O)CCC(Cc2nc3n(n2)CC(CO)CC3)CC1. The average molecular weight is 299 g/mol. The maximum atomic E-state index is 11.4. The van der Waals surface area contributed by atoms with Crippen LogP contribution in [0.2, 0.25) is 0 Å². The van der Waals surface area contributed by atoms with Crippen LogP contribution in [0.15, 0.2) is 0 Å². The molecule has 3 heterocycles. The zero-order valence-corrected chi connectivity index (χ0v) is 12.3. The second kappa shape index (κ2) is 5.44. The van der Waals surface area contributed by atoms with Crippen molar-refractivity contribution in [3.63, 3.8) is 0 Å². The Morgan fingerprint density at radius 1 is 1.20 bits per heavy atom. The largest absolute Gasteiger partial charge is 0.396 e. The van der Waals surface area contributed by atoms with Crippen LogP contribution in [0, 0.1) is 11.8 Å². The number of hydrogen-bond donors (Lipinski definition) is 1. The highest BCUT2D eigenvalue weighted by molar-refractivity contribution is 7.91. The lowest BCUT2D eigenvalue weighted by molar-refractivity contribution is 0.185. The Kier molecular flexibility index (Phi) is 3.81. The summed E-state index contributed by atoms with van der Waals surface area (Å²) >= 11 is 0. The molecule has 1 fully saturated rings. The van der Waals surface area contributed by atoms with E-state index in [2.05, 4.69) is 10.1 Å². The predicted molar refractivity (Wildman–Crippen MR) is 74.0 cm³/mol. The lowest BCUT2D eigenvalue weighted by Gasteiger charge is -2.20. The molecule has 0 saturated carbocycles. The van der Waals surface area contributed by atoms with E-state index < -0.39 is 9.84 Å².